The monoisotopic (exact) mass is 495 g/mol. The van der Waals surface area contributed by atoms with Gasteiger partial charge in [-0.25, -0.2) is 0 Å². The van der Waals surface area contributed by atoms with Gasteiger partial charge in [0.2, 0.25) is 0 Å². The van der Waals surface area contributed by atoms with Crippen LogP contribution in [0.5, 0.6) is 0 Å². The normalized spacial score (nSPS) is 30.5. The molecule has 3 aliphatic rings. The van der Waals surface area contributed by atoms with Gasteiger partial charge in [-0.15, -0.1) is 0 Å². The van der Waals surface area contributed by atoms with Crippen molar-refractivity contribution in [3.8, 4) is 0 Å². The molecule has 2 heteroatoms. The predicted octanol–water partition coefficient (Wildman–Crippen LogP) is 7.81. The highest BCUT2D eigenvalue weighted by Gasteiger charge is 2.86. The number of fused-ring (bicyclic) bond motifs is 10. The fourth-order valence-corrected chi connectivity index (χ4v) is 11.1. The first-order chi connectivity index (χ1) is 18.2. The Morgan fingerprint density at radius 3 is 1.81 bits per heavy atom. The second kappa shape index (κ2) is 7.47. The lowest BCUT2D eigenvalue weighted by Crippen LogP contribution is -2.54. The molecule has 0 radical (unpaired) electrons. The standard InChI is InChI=1S/C35H27OS/c1-33-32(28-21-11-14-24-31(28)37(33)27-19-9-4-10-20-27)34(25-15-5-2-6-16-25)29-22-12-13-23-30(29)35(33,36-34)26-17-7-3-8-18-26/h2-24,32H,1H3/q+1/t32-,33+,34-,35+,37?/m1/s1. The zero-order chi connectivity index (χ0) is 24.7. The van der Waals surface area contributed by atoms with Crippen molar-refractivity contribution in [1.82, 2.24) is 0 Å². The van der Waals surface area contributed by atoms with E-state index in [9.17, 15) is 0 Å². The summed E-state index contributed by atoms with van der Waals surface area (Å²) in [7, 11) is -0.208. The van der Waals surface area contributed by atoms with Crippen molar-refractivity contribution < 1.29 is 4.74 Å². The van der Waals surface area contributed by atoms with Gasteiger partial charge in [0.25, 0.3) is 0 Å². The SMILES string of the molecule is C[C@@]12[C@@H](c3ccccc3[S+]1c1ccccc1)[C@]1(c3ccccc3)O[C@@]2(c2ccccc2)c2ccccc21. The van der Waals surface area contributed by atoms with E-state index in [2.05, 4.69) is 146 Å². The van der Waals surface area contributed by atoms with Gasteiger partial charge in [0, 0.05) is 11.1 Å². The van der Waals surface area contributed by atoms with Crippen molar-refractivity contribution in [2.75, 3.05) is 0 Å². The Kier molecular flexibility index (Phi) is 4.34. The molecule has 0 N–H and O–H groups in total. The topological polar surface area (TPSA) is 9.23 Å². The minimum atomic E-state index is -0.594. The van der Waals surface area contributed by atoms with Crippen LogP contribution in [0.4, 0.5) is 0 Å². The van der Waals surface area contributed by atoms with Crippen molar-refractivity contribution in [2.24, 2.45) is 0 Å². The fourth-order valence-electron chi connectivity index (χ4n) is 7.72. The highest BCUT2D eigenvalue weighted by molar-refractivity contribution is 7.98. The lowest BCUT2D eigenvalue weighted by molar-refractivity contribution is -0.0496. The summed E-state index contributed by atoms with van der Waals surface area (Å²) < 4.78 is 7.54. The van der Waals surface area contributed by atoms with E-state index in [4.69, 9.17) is 4.74 Å². The first-order valence-electron chi connectivity index (χ1n) is 13.0. The molecule has 0 saturated carbocycles. The summed E-state index contributed by atoms with van der Waals surface area (Å²) in [6.07, 6.45) is 0. The van der Waals surface area contributed by atoms with Gasteiger partial charge in [-0.2, -0.15) is 0 Å². The largest absolute Gasteiger partial charge is 0.343 e. The molecule has 5 aromatic carbocycles. The molecule has 178 valence electrons. The van der Waals surface area contributed by atoms with Crippen molar-refractivity contribution in [1.29, 1.82) is 0 Å². The van der Waals surface area contributed by atoms with E-state index in [1.54, 1.807) is 0 Å². The first-order valence-corrected chi connectivity index (χ1v) is 14.2. The van der Waals surface area contributed by atoms with Crippen molar-refractivity contribution in [3.05, 3.63) is 167 Å². The lowest BCUT2D eigenvalue weighted by Gasteiger charge is -2.42. The van der Waals surface area contributed by atoms with Gasteiger partial charge >= 0.3 is 0 Å². The zero-order valence-electron chi connectivity index (χ0n) is 20.7. The molecule has 5 aromatic rings. The Labute approximate surface area is 221 Å². The van der Waals surface area contributed by atoms with Gasteiger partial charge in [-0.05, 0) is 41.8 Å². The van der Waals surface area contributed by atoms with Crippen LogP contribution in [0.15, 0.2) is 149 Å². The third kappa shape index (κ3) is 2.41. The van der Waals surface area contributed by atoms with Crippen LogP contribution < -0.4 is 0 Å². The number of hydrogen-bond donors (Lipinski definition) is 0. The Balaban J connectivity index is 1.56. The molecule has 0 amide bonds. The van der Waals surface area contributed by atoms with Gasteiger partial charge in [0.05, 0.1) is 16.8 Å². The van der Waals surface area contributed by atoms with Crippen LogP contribution in [0.25, 0.3) is 0 Å². The van der Waals surface area contributed by atoms with Gasteiger partial charge in [0.1, 0.15) is 5.60 Å². The predicted molar refractivity (Wildman–Crippen MR) is 150 cm³/mol. The summed E-state index contributed by atoms with van der Waals surface area (Å²) in [5.41, 5.74) is 5.35. The summed E-state index contributed by atoms with van der Waals surface area (Å²) in [5, 5.41) is 0. The number of benzene rings is 5. The average Bonchev–Trinajstić information content (AvgIpc) is 3.53. The van der Waals surface area contributed by atoms with Crippen LogP contribution in [0.1, 0.15) is 40.7 Å². The van der Waals surface area contributed by atoms with E-state index in [1.807, 2.05) is 0 Å². The number of rotatable bonds is 3. The number of hydrogen-bond acceptors (Lipinski definition) is 1. The Hall–Kier alpha value is -3.59. The maximum Gasteiger partial charge on any atom is 0.183 e. The van der Waals surface area contributed by atoms with Crippen LogP contribution in [-0.4, -0.2) is 4.75 Å². The third-order valence-electron chi connectivity index (χ3n) is 8.91. The Bertz CT molecular complexity index is 1630. The Morgan fingerprint density at radius 2 is 1.11 bits per heavy atom. The highest BCUT2D eigenvalue weighted by Crippen LogP contribution is 2.78. The van der Waals surface area contributed by atoms with Gasteiger partial charge in [-0.3, -0.25) is 0 Å². The van der Waals surface area contributed by atoms with Gasteiger partial charge < -0.3 is 4.74 Å². The summed E-state index contributed by atoms with van der Waals surface area (Å²) in [5.74, 6) is 0.164. The highest BCUT2D eigenvalue weighted by atomic mass is 32.2. The molecule has 1 saturated heterocycles. The van der Waals surface area contributed by atoms with E-state index < -0.39 is 11.2 Å². The quantitative estimate of drug-likeness (QED) is 0.232. The minimum Gasteiger partial charge on any atom is -0.343 e. The lowest BCUT2D eigenvalue weighted by atomic mass is 9.59. The van der Waals surface area contributed by atoms with E-state index >= 15 is 0 Å². The van der Waals surface area contributed by atoms with Gasteiger partial charge in [0.15, 0.2) is 20.1 Å². The van der Waals surface area contributed by atoms with E-state index in [0.29, 0.717) is 0 Å². The van der Waals surface area contributed by atoms with Crippen molar-refractivity contribution in [2.45, 2.75) is 38.6 Å². The van der Waals surface area contributed by atoms with E-state index in [0.717, 1.165) is 0 Å². The van der Waals surface area contributed by atoms with Crippen LogP contribution >= 0.6 is 0 Å². The molecule has 0 aromatic heterocycles. The van der Waals surface area contributed by atoms with Crippen molar-refractivity contribution in [3.63, 3.8) is 0 Å². The zero-order valence-corrected chi connectivity index (χ0v) is 21.5. The van der Waals surface area contributed by atoms with Crippen LogP contribution in [0.3, 0.4) is 0 Å². The summed E-state index contributed by atoms with van der Waals surface area (Å²) in [6, 6.07) is 51.3. The molecule has 5 atom stereocenters. The molecule has 3 aliphatic heterocycles. The van der Waals surface area contributed by atoms with Crippen molar-refractivity contribution >= 4 is 10.9 Å². The molecular formula is C35H27OS+. The third-order valence-corrected chi connectivity index (χ3v) is 11.8. The molecule has 1 fully saturated rings. The molecule has 1 nitrogen and oxygen atoms in total. The second-order valence-electron chi connectivity index (χ2n) is 10.5. The first kappa shape index (κ1) is 21.5. The summed E-state index contributed by atoms with van der Waals surface area (Å²) in [6.45, 7) is 2.52. The molecule has 0 spiro atoms. The Morgan fingerprint density at radius 1 is 0.568 bits per heavy atom. The van der Waals surface area contributed by atoms with E-state index in [1.165, 1.54) is 37.6 Å². The maximum absolute atomic E-state index is 7.78. The van der Waals surface area contributed by atoms with Gasteiger partial charge in [-0.1, -0.05) is 121 Å². The minimum absolute atomic E-state index is 0.164. The molecule has 8 rings (SSSR count). The average molecular weight is 496 g/mol. The fraction of sp³-hybridized carbons (Fsp3) is 0.143. The van der Waals surface area contributed by atoms with Crippen LogP contribution in [0, 0.1) is 0 Å². The maximum atomic E-state index is 7.78. The molecule has 1 unspecified atom stereocenters. The molecular weight excluding hydrogens is 468 g/mol. The van der Waals surface area contributed by atoms with Crippen LogP contribution in [0.2, 0.25) is 0 Å². The second-order valence-corrected chi connectivity index (χ2v) is 12.9. The number of ether oxygens (including phenoxy) is 1. The molecule has 2 bridgehead atoms. The smallest absolute Gasteiger partial charge is 0.183 e. The van der Waals surface area contributed by atoms with E-state index in [-0.39, 0.29) is 21.6 Å². The summed E-state index contributed by atoms with van der Waals surface area (Å²) >= 11 is 0. The molecule has 37 heavy (non-hydrogen) atoms. The molecule has 0 aliphatic carbocycles. The molecule has 3 heterocycles. The van der Waals surface area contributed by atoms with Crippen LogP contribution in [-0.2, 0) is 26.8 Å². The summed E-state index contributed by atoms with van der Waals surface area (Å²) in [4.78, 5) is 2.84.